The zero-order valence-electron chi connectivity index (χ0n) is 12.7. The molecule has 1 fully saturated rings. The minimum absolute atomic E-state index is 0.787. The van der Waals surface area contributed by atoms with Gasteiger partial charge in [0, 0.05) is 11.3 Å². The van der Waals surface area contributed by atoms with Crippen LogP contribution in [0.3, 0.4) is 0 Å². The molecule has 0 aromatic heterocycles. The Morgan fingerprint density at radius 3 is 2.56 bits per heavy atom. The minimum Gasteiger partial charge on any atom is -0.313 e. The quantitative estimate of drug-likeness (QED) is 0.601. The minimum atomic E-state index is 0.787. The highest BCUT2D eigenvalue weighted by atomic mass is 32.2. The van der Waals surface area contributed by atoms with E-state index in [4.69, 9.17) is 0 Å². The number of unbranched alkanes of at least 4 members (excludes halogenated alkanes) is 2. The maximum absolute atomic E-state index is 3.72. The van der Waals surface area contributed by atoms with Crippen molar-refractivity contribution in [2.75, 3.05) is 12.3 Å². The molecule has 0 aliphatic heterocycles. The van der Waals surface area contributed by atoms with Crippen LogP contribution in [0.1, 0.15) is 72.1 Å². The van der Waals surface area contributed by atoms with Gasteiger partial charge in [0.15, 0.2) is 0 Å². The number of hydrogen-bond donors (Lipinski definition) is 1. The molecule has 108 valence electrons. The lowest BCUT2D eigenvalue weighted by Gasteiger charge is -2.36. The summed E-state index contributed by atoms with van der Waals surface area (Å²) in [5.74, 6) is 2.38. The Balaban J connectivity index is 2.34. The zero-order chi connectivity index (χ0) is 13.2. The Labute approximate surface area is 119 Å². The summed E-state index contributed by atoms with van der Waals surface area (Å²) >= 11 is 2.25. The molecule has 1 rings (SSSR count). The highest BCUT2D eigenvalue weighted by molar-refractivity contribution is 7.99. The lowest BCUT2D eigenvalue weighted by atomic mass is 9.83. The van der Waals surface area contributed by atoms with E-state index in [0.717, 1.165) is 23.8 Å². The highest BCUT2D eigenvalue weighted by Gasteiger charge is 2.29. The molecule has 0 spiro atoms. The summed E-state index contributed by atoms with van der Waals surface area (Å²) in [6.07, 6.45) is 11.3. The van der Waals surface area contributed by atoms with E-state index in [0.29, 0.717) is 0 Å². The maximum atomic E-state index is 3.72. The number of rotatable bonds is 9. The molecule has 18 heavy (non-hydrogen) atoms. The number of thioether (sulfide) groups is 1. The maximum Gasteiger partial charge on any atom is 0.0203 e. The fourth-order valence-electron chi connectivity index (χ4n) is 3.15. The second-order valence-electron chi connectivity index (χ2n) is 5.75. The Morgan fingerprint density at radius 2 is 1.89 bits per heavy atom. The summed E-state index contributed by atoms with van der Waals surface area (Å²) in [6, 6.07) is 0.787. The van der Waals surface area contributed by atoms with Crippen LogP contribution in [0.4, 0.5) is 0 Å². The van der Waals surface area contributed by atoms with E-state index in [1.165, 1.54) is 57.1 Å². The SMILES string of the molecule is CCCCCSC1CC(CCC)CCC1NCC. The van der Waals surface area contributed by atoms with Gasteiger partial charge in [-0.1, -0.05) is 46.5 Å². The smallest absolute Gasteiger partial charge is 0.0203 e. The van der Waals surface area contributed by atoms with Crippen LogP contribution in [-0.4, -0.2) is 23.6 Å². The van der Waals surface area contributed by atoms with Crippen molar-refractivity contribution in [3.63, 3.8) is 0 Å². The average molecular weight is 272 g/mol. The summed E-state index contributed by atoms with van der Waals surface area (Å²) < 4.78 is 0. The lowest BCUT2D eigenvalue weighted by Crippen LogP contribution is -2.42. The first kappa shape index (κ1) is 16.4. The topological polar surface area (TPSA) is 12.0 Å². The normalized spacial score (nSPS) is 28.5. The highest BCUT2D eigenvalue weighted by Crippen LogP contribution is 2.35. The Bertz CT molecular complexity index is 196. The van der Waals surface area contributed by atoms with Crippen LogP contribution < -0.4 is 5.32 Å². The fourth-order valence-corrected chi connectivity index (χ4v) is 4.70. The van der Waals surface area contributed by atoms with Crippen molar-refractivity contribution in [2.45, 2.75) is 83.4 Å². The predicted octanol–water partition coefficient (Wildman–Crippen LogP) is 4.86. The molecule has 3 unspecified atom stereocenters. The van der Waals surface area contributed by atoms with Gasteiger partial charge in [0.1, 0.15) is 0 Å². The van der Waals surface area contributed by atoms with E-state index in [2.05, 4.69) is 37.8 Å². The van der Waals surface area contributed by atoms with Crippen molar-refractivity contribution in [1.29, 1.82) is 0 Å². The average Bonchev–Trinajstić information content (AvgIpc) is 2.38. The van der Waals surface area contributed by atoms with Crippen molar-refractivity contribution in [3.05, 3.63) is 0 Å². The van der Waals surface area contributed by atoms with Gasteiger partial charge in [-0.05, 0) is 43.9 Å². The monoisotopic (exact) mass is 271 g/mol. The molecular weight excluding hydrogens is 238 g/mol. The molecule has 2 heteroatoms. The van der Waals surface area contributed by atoms with Crippen LogP contribution in [-0.2, 0) is 0 Å². The molecule has 1 saturated carbocycles. The number of nitrogens with one attached hydrogen (secondary N) is 1. The van der Waals surface area contributed by atoms with Crippen LogP contribution in [0.2, 0.25) is 0 Å². The Hall–Kier alpha value is 0.310. The van der Waals surface area contributed by atoms with Crippen LogP contribution >= 0.6 is 11.8 Å². The molecule has 0 amide bonds. The number of hydrogen-bond acceptors (Lipinski definition) is 2. The first-order valence-corrected chi connectivity index (χ1v) is 9.21. The van der Waals surface area contributed by atoms with Crippen molar-refractivity contribution < 1.29 is 0 Å². The first-order chi connectivity index (χ1) is 8.81. The first-order valence-electron chi connectivity index (χ1n) is 8.16. The van der Waals surface area contributed by atoms with E-state index >= 15 is 0 Å². The summed E-state index contributed by atoms with van der Waals surface area (Å²) in [7, 11) is 0. The molecule has 1 aliphatic carbocycles. The zero-order valence-corrected chi connectivity index (χ0v) is 13.5. The third-order valence-corrected chi connectivity index (χ3v) is 5.62. The second kappa shape index (κ2) is 10.1. The van der Waals surface area contributed by atoms with E-state index in [1.54, 1.807) is 0 Å². The standard InChI is InChI=1S/C16H33NS/c1-4-7-8-12-18-16-13-14(9-5-2)10-11-15(16)17-6-3/h14-17H,4-13H2,1-3H3. The van der Waals surface area contributed by atoms with Crippen molar-refractivity contribution in [2.24, 2.45) is 5.92 Å². The molecule has 0 aromatic rings. The van der Waals surface area contributed by atoms with Gasteiger partial charge in [0.2, 0.25) is 0 Å². The van der Waals surface area contributed by atoms with Gasteiger partial charge >= 0.3 is 0 Å². The molecule has 1 aliphatic rings. The van der Waals surface area contributed by atoms with Crippen LogP contribution in [0.5, 0.6) is 0 Å². The van der Waals surface area contributed by atoms with Gasteiger partial charge in [0.05, 0.1) is 0 Å². The van der Waals surface area contributed by atoms with Crippen LogP contribution in [0.25, 0.3) is 0 Å². The molecule has 0 saturated heterocycles. The molecule has 0 heterocycles. The summed E-state index contributed by atoms with van der Waals surface area (Å²) in [5.41, 5.74) is 0. The van der Waals surface area contributed by atoms with Gasteiger partial charge in [-0.15, -0.1) is 0 Å². The molecule has 1 N–H and O–H groups in total. The van der Waals surface area contributed by atoms with Crippen molar-refractivity contribution in [1.82, 2.24) is 5.32 Å². The van der Waals surface area contributed by atoms with E-state index in [1.807, 2.05) is 0 Å². The van der Waals surface area contributed by atoms with Gasteiger partial charge in [-0.2, -0.15) is 11.8 Å². The van der Waals surface area contributed by atoms with Crippen molar-refractivity contribution >= 4 is 11.8 Å². The molecular formula is C16H33NS. The summed E-state index contributed by atoms with van der Waals surface area (Å²) in [5, 5.41) is 4.60. The molecule has 1 nitrogen and oxygen atoms in total. The molecule has 0 radical (unpaired) electrons. The summed E-state index contributed by atoms with van der Waals surface area (Å²) in [6.45, 7) is 8.01. The van der Waals surface area contributed by atoms with E-state index in [9.17, 15) is 0 Å². The fraction of sp³-hybridized carbons (Fsp3) is 1.00. The van der Waals surface area contributed by atoms with Gasteiger partial charge in [-0.25, -0.2) is 0 Å². The second-order valence-corrected chi connectivity index (χ2v) is 7.10. The van der Waals surface area contributed by atoms with E-state index in [-0.39, 0.29) is 0 Å². The third-order valence-electron chi connectivity index (χ3n) is 4.14. The van der Waals surface area contributed by atoms with Crippen LogP contribution in [0.15, 0.2) is 0 Å². The van der Waals surface area contributed by atoms with Crippen molar-refractivity contribution in [3.8, 4) is 0 Å². The predicted molar refractivity (Wildman–Crippen MR) is 85.5 cm³/mol. The Morgan fingerprint density at radius 1 is 1.06 bits per heavy atom. The van der Waals surface area contributed by atoms with Gasteiger partial charge < -0.3 is 5.32 Å². The molecule has 3 atom stereocenters. The Kier molecular flexibility index (Phi) is 9.22. The third kappa shape index (κ3) is 5.97. The summed E-state index contributed by atoms with van der Waals surface area (Å²) in [4.78, 5) is 0. The molecule has 0 aromatic carbocycles. The van der Waals surface area contributed by atoms with Gasteiger partial charge in [-0.3, -0.25) is 0 Å². The molecule has 0 bridgehead atoms. The largest absolute Gasteiger partial charge is 0.313 e. The van der Waals surface area contributed by atoms with Gasteiger partial charge in [0.25, 0.3) is 0 Å². The van der Waals surface area contributed by atoms with E-state index < -0.39 is 0 Å². The van der Waals surface area contributed by atoms with Crippen LogP contribution in [0, 0.1) is 5.92 Å². The lowest BCUT2D eigenvalue weighted by molar-refractivity contribution is 0.289.